The van der Waals surface area contributed by atoms with E-state index in [9.17, 15) is 5.11 Å². The maximum Gasteiger partial charge on any atom is 0.213 e. The van der Waals surface area contributed by atoms with E-state index in [1.165, 1.54) is 0 Å². The average Bonchev–Trinajstić information content (AvgIpc) is 2.48. The summed E-state index contributed by atoms with van der Waals surface area (Å²) in [6.45, 7) is 5.74. The summed E-state index contributed by atoms with van der Waals surface area (Å²) in [5.41, 5.74) is 8.38. The lowest BCUT2D eigenvalue weighted by Gasteiger charge is -2.22. The van der Waals surface area contributed by atoms with E-state index in [2.05, 4.69) is 4.98 Å². The third-order valence-electron chi connectivity index (χ3n) is 3.47. The van der Waals surface area contributed by atoms with Gasteiger partial charge in [-0.3, -0.25) is 0 Å². The minimum absolute atomic E-state index is 0.0381. The second-order valence-electron chi connectivity index (χ2n) is 5.69. The molecule has 1 heterocycles. The molecule has 0 aliphatic rings. The molecule has 4 nitrogen and oxygen atoms in total. The number of hydrogen-bond acceptors (Lipinski definition) is 4. The van der Waals surface area contributed by atoms with Gasteiger partial charge in [0.25, 0.3) is 0 Å². The highest BCUT2D eigenvalue weighted by Crippen LogP contribution is 2.32. The topological polar surface area (TPSA) is 68.4 Å². The molecule has 0 saturated heterocycles. The van der Waals surface area contributed by atoms with Gasteiger partial charge in [-0.25, -0.2) is 4.98 Å². The van der Waals surface area contributed by atoms with E-state index in [1.54, 1.807) is 30.5 Å². The van der Waals surface area contributed by atoms with Crippen LogP contribution in [0.5, 0.6) is 5.88 Å². The number of pyridine rings is 1. The van der Waals surface area contributed by atoms with Gasteiger partial charge in [0.15, 0.2) is 0 Å². The Balaban J connectivity index is 2.25. The van der Waals surface area contributed by atoms with Crippen LogP contribution in [-0.4, -0.2) is 16.2 Å². The molecule has 124 valence electrons. The Labute approximate surface area is 146 Å². The van der Waals surface area contributed by atoms with Crippen molar-refractivity contribution in [3.05, 3.63) is 57.2 Å². The van der Waals surface area contributed by atoms with Gasteiger partial charge in [0, 0.05) is 17.8 Å². The molecular weight excluding hydrogens is 335 g/mol. The first-order valence-electron chi connectivity index (χ1n) is 7.31. The molecule has 2 atom stereocenters. The van der Waals surface area contributed by atoms with Crippen molar-refractivity contribution in [1.29, 1.82) is 0 Å². The van der Waals surface area contributed by atoms with Crippen LogP contribution < -0.4 is 10.5 Å². The molecule has 0 radical (unpaired) electrons. The highest BCUT2D eigenvalue weighted by atomic mass is 35.5. The first kappa shape index (κ1) is 18.0. The van der Waals surface area contributed by atoms with Crippen LogP contribution in [0.3, 0.4) is 0 Å². The van der Waals surface area contributed by atoms with Crippen LogP contribution in [0.4, 0.5) is 0 Å². The van der Waals surface area contributed by atoms with Crippen LogP contribution >= 0.6 is 23.2 Å². The van der Waals surface area contributed by atoms with Gasteiger partial charge >= 0.3 is 0 Å². The Hall–Kier alpha value is -1.33. The minimum atomic E-state index is -0.909. The smallest absolute Gasteiger partial charge is 0.213 e. The van der Waals surface area contributed by atoms with Crippen molar-refractivity contribution in [3.8, 4) is 5.88 Å². The van der Waals surface area contributed by atoms with E-state index in [0.29, 0.717) is 27.1 Å². The van der Waals surface area contributed by atoms with Gasteiger partial charge in [-0.1, -0.05) is 29.3 Å². The standard InChI is InChI=1S/C17H20Cl2N2O2/c1-9(2)23-15-6-10(3)12(8-21-15)17(22)16(20)11-4-5-13(18)14(19)7-11/h4-9,16-17,22H,20H2,1-3H3/t16-,17+/m0/s1. The fourth-order valence-corrected chi connectivity index (χ4v) is 2.56. The second-order valence-corrected chi connectivity index (χ2v) is 6.50. The molecule has 0 saturated carbocycles. The first-order chi connectivity index (χ1) is 10.8. The average molecular weight is 355 g/mol. The number of ether oxygens (including phenoxy) is 1. The first-order valence-corrected chi connectivity index (χ1v) is 8.07. The van der Waals surface area contributed by atoms with Crippen LogP contribution in [-0.2, 0) is 0 Å². The Bertz CT molecular complexity index is 692. The van der Waals surface area contributed by atoms with Gasteiger partial charge in [-0.15, -0.1) is 0 Å². The molecular formula is C17H20Cl2N2O2. The zero-order chi connectivity index (χ0) is 17.1. The molecule has 0 fully saturated rings. The lowest BCUT2D eigenvalue weighted by Crippen LogP contribution is -2.20. The number of rotatable bonds is 5. The fourth-order valence-electron chi connectivity index (χ4n) is 2.25. The minimum Gasteiger partial charge on any atom is -0.475 e. The monoisotopic (exact) mass is 354 g/mol. The van der Waals surface area contributed by atoms with Crippen molar-refractivity contribution < 1.29 is 9.84 Å². The van der Waals surface area contributed by atoms with E-state index in [1.807, 2.05) is 20.8 Å². The summed E-state index contributed by atoms with van der Waals surface area (Å²) < 4.78 is 5.55. The number of benzene rings is 1. The molecule has 6 heteroatoms. The molecule has 0 bridgehead atoms. The third-order valence-corrected chi connectivity index (χ3v) is 4.21. The number of nitrogens with two attached hydrogens (primary N) is 1. The second kappa shape index (κ2) is 7.49. The number of aliphatic hydroxyl groups excluding tert-OH is 1. The third kappa shape index (κ3) is 4.36. The Morgan fingerprint density at radius 1 is 1.17 bits per heavy atom. The number of aliphatic hydroxyl groups is 1. The molecule has 0 amide bonds. The zero-order valence-corrected chi connectivity index (χ0v) is 14.8. The summed E-state index contributed by atoms with van der Waals surface area (Å²) in [5, 5.41) is 11.4. The van der Waals surface area contributed by atoms with Crippen LogP contribution in [0.25, 0.3) is 0 Å². The molecule has 0 unspecified atom stereocenters. The quantitative estimate of drug-likeness (QED) is 0.843. The lowest BCUT2D eigenvalue weighted by atomic mass is 9.95. The SMILES string of the molecule is Cc1cc(OC(C)C)ncc1[C@@H](O)[C@@H](N)c1ccc(Cl)c(Cl)c1. The van der Waals surface area contributed by atoms with Crippen LogP contribution in [0.15, 0.2) is 30.5 Å². The van der Waals surface area contributed by atoms with Crippen molar-refractivity contribution in [1.82, 2.24) is 4.98 Å². The molecule has 0 aliphatic carbocycles. The Morgan fingerprint density at radius 3 is 2.43 bits per heavy atom. The van der Waals surface area contributed by atoms with Gasteiger partial charge in [0.05, 0.1) is 28.3 Å². The normalized spacial score (nSPS) is 13.9. The van der Waals surface area contributed by atoms with Gasteiger partial charge < -0.3 is 15.6 Å². The van der Waals surface area contributed by atoms with Crippen LogP contribution in [0.1, 0.15) is 42.7 Å². The largest absolute Gasteiger partial charge is 0.475 e. The van der Waals surface area contributed by atoms with Gasteiger partial charge in [0.2, 0.25) is 5.88 Å². The van der Waals surface area contributed by atoms with Crippen LogP contribution in [0.2, 0.25) is 10.0 Å². The van der Waals surface area contributed by atoms with E-state index < -0.39 is 12.1 Å². The maximum absolute atomic E-state index is 10.6. The highest BCUT2D eigenvalue weighted by molar-refractivity contribution is 6.42. The highest BCUT2D eigenvalue weighted by Gasteiger charge is 2.22. The summed E-state index contributed by atoms with van der Waals surface area (Å²) >= 11 is 11.9. The molecule has 0 aliphatic heterocycles. The van der Waals surface area contributed by atoms with E-state index >= 15 is 0 Å². The zero-order valence-electron chi connectivity index (χ0n) is 13.3. The number of nitrogens with zero attached hydrogens (tertiary/aromatic N) is 1. The van der Waals surface area contributed by atoms with Crippen LogP contribution in [0, 0.1) is 6.92 Å². The summed E-state index contributed by atoms with van der Waals surface area (Å²) in [5.74, 6) is 0.525. The molecule has 1 aromatic carbocycles. The summed E-state index contributed by atoms with van der Waals surface area (Å²) in [6.07, 6.45) is 0.721. The molecule has 0 spiro atoms. The summed E-state index contributed by atoms with van der Waals surface area (Å²) in [4.78, 5) is 4.22. The molecule has 3 N–H and O–H groups in total. The predicted molar refractivity (Wildman–Crippen MR) is 93.1 cm³/mol. The lowest BCUT2D eigenvalue weighted by molar-refractivity contribution is 0.145. The predicted octanol–water partition coefficient (Wildman–Crippen LogP) is 4.22. The molecule has 23 heavy (non-hydrogen) atoms. The van der Waals surface area contributed by atoms with Gasteiger partial charge in [0.1, 0.15) is 0 Å². The van der Waals surface area contributed by atoms with Crippen molar-refractivity contribution in [3.63, 3.8) is 0 Å². The van der Waals surface area contributed by atoms with E-state index in [4.69, 9.17) is 33.7 Å². The summed E-state index contributed by atoms with van der Waals surface area (Å²) in [7, 11) is 0. The fraction of sp³-hybridized carbons (Fsp3) is 0.353. The molecule has 2 aromatic rings. The number of aromatic nitrogens is 1. The van der Waals surface area contributed by atoms with E-state index in [-0.39, 0.29) is 6.10 Å². The maximum atomic E-state index is 10.6. The number of aryl methyl sites for hydroxylation is 1. The number of hydrogen-bond donors (Lipinski definition) is 2. The van der Waals surface area contributed by atoms with Crippen molar-refractivity contribution in [2.75, 3.05) is 0 Å². The number of halogens is 2. The summed E-state index contributed by atoms with van der Waals surface area (Å²) in [6, 6.07) is 6.23. The van der Waals surface area contributed by atoms with Gasteiger partial charge in [-0.2, -0.15) is 0 Å². The van der Waals surface area contributed by atoms with Crippen molar-refractivity contribution in [2.45, 2.75) is 39.0 Å². The van der Waals surface area contributed by atoms with Crippen molar-refractivity contribution in [2.24, 2.45) is 5.73 Å². The molecule has 1 aromatic heterocycles. The Morgan fingerprint density at radius 2 is 1.87 bits per heavy atom. The Kier molecular flexibility index (Phi) is 5.87. The van der Waals surface area contributed by atoms with Crippen molar-refractivity contribution >= 4 is 23.2 Å². The van der Waals surface area contributed by atoms with Gasteiger partial charge in [-0.05, 0) is 44.0 Å². The van der Waals surface area contributed by atoms with E-state index in [0.717, 1.165) is 5.56 Å². The molecule has 2 rings (SSSR count).